The monoisotopic (exact) mass is 434 g/mol. The van der Waals surface area contributed by atoms with Crippen LogP contribution in [0.2, 0.25) is 0 Å². The predicted octanol–water partition coefficient (Wildman–Crippen LogP) is 1.94. The molecule has 0 radical (unpaired) electrons. The number of hydrogen-bond acceptors (Lipinski definition) is 5. The number of nitrogens with zero attached hydrogens (tertiary/aromatic N) is 2. The molecule has 5 rings (SSSR count). The first-order valence-electron chi connectivity index (χ1n) is 11.0. The summed E-state index contributed by atoms with van der Waals surface area (Å²) in [6.45, 7) is 2.84. The molecular weight excluding hydrogens is 408 g/mol. The lowest BCUT2D eigenvalue weighted by molar-refractivity contribution is -0.127. The van der Waals surface area contributed by atoms with E-state index in [1.807, 2.05) is 36.4 Å². The van der Waals surface area contributed by atoms with Crippen molar-refractivity contribution in [1.29, 1.82) is 0 Å². The molecule has 2 fully saturated rings. The van der Waals surface area contributed by atoms with E-state index in [2.05, 4.69) is 15.5 Å². The highest BCUT2D eigenvalue weighted by molar-refractivity contribution is 6.05. The van der Waals surface area contributed by atoms with Gasteiger partial charge in [0.15, 0.2) is 0 Å². The van der Waals surface area contributed by atoms with Crippen LogP contribution < -0.4 is 15.5 Å². The Bertz CT molecular complexity index is 1050. The molecule has 2 heterocycles. The van der Waals surface area contributed by atoms with Crippen molar-refractivity contribution in [2.24, 2.45) is 0 Å². The summed E-state index contributed by atoms with van der Waals surface area (Å²) >= 11 is 0. The Morgan fingerprint density at radius 1 is 1.03 bits per heavy atom. The van der Waals surface area contributed by atoms with Crippen LogP contribution in [0.4, 0.5) is 11.4 Å². The van der Waals surface area contributed by atoms with Crippen molar-refractivity contribution in [2.45, 2.75) is 24.9 Å². The number of amides is 3. The first-order valence-corrected chi connectivity index (χ1v) is 11.0. The second-order valence-corrected chi connectivity index (χ2v) is 8.35. The zero-order chi connectivity index (χ0) is 22.1. The van der Waals surface area contributed by atoms with E-state index in [-0.39, 0.29) is 30.3 Å². The van der Waals surface area contributed by atoms with E-state index in [9.17, 15) is 14.4 Å². The number of carbonyl (C=O) groups is 3. The number of ether oxygens (including phenoxy) is 1. The fourth-order valence-corrected chi connectivity index (χ4v) is 4.40. The van der Waals surface area contributed by atoms with Gasteiger partial charge in [0.2, 0.25) is 11.8 Å². The van der Waals surface area contributed by atoms with Crippen LogP contribution in [0, 0.1) is 0 Å². The standard InChI is InChI=1S/C24H26N4O4/c29-21(26-16-4-3-5-18(14-16)27-10-12-32-13-11-27)15-25-23(30)22-19-6-1-2-7-20(19)24(31)28(22)17-8-9-17/h1-7,14,17,22H,8-13,15H2,(H,25,30)(H,26,29). The third-order valence-corrected chi connectivity index (χ3v) is 6.12. The number of rotatable bonds is 6. The molecule has 1 saturated heterocycles. The van der Waals surface area contributed by atoms with Gasteiger partial charge >= 0.3 is 0 Å². The van der Waals surface area contributed by atoms with Crippen LogP contribution >= 0.6 is 0 Å². The molecule has 8 nitrogen and oxygen atoms in total. The minimum absolute atomic E-state index is 0.0994. The first kappa shape index (κ1) is 20.5. The van der Waals surface area contributed by atoms with E-state index in [4.69, 9.17) is 4.74 Å². The third-order valence-electron chi connectivity index (χ3n) is 6.12. The average Bonchev–Trinajstić information content (AvgIpc) is 3.62. The Morgan fingerprint density at radius 2 is 1.81 bits per heavy atom. The molecule has 2 aliphatic heterocycles. The van der Waals surface area contributed by atoms with Gasteiger partial charge in [-0.25, -0.2) is 0 Å². The van der Waals surface area contributed by atoms with Crippen molar-refractivity contribution in [3.8, 4) is 0 Å². The lowest BCUT2D eigenvalue weighted by Gasteiger charge is -2.29. The lowest BCUT2D eigenvalue weighted by atomic mass is 10.0. The number of hydrogen-bond donors (Lipinski definition) is 2. The Balaban J connectivity index is 1.22. The van der Waals surface area contributed by atoms with Gasteiger partial charge in [0.1, 0.15) is 6.04 Å². The third kappa shape index (κ3) is 4.05. The number of morpholine rings is 1. The minimum Gasteiger partial charge on any atom is -0.378 e. The van der Waals surface area contributed by atoms with Gasteiger partial charge < -0.3 is 25.2 Å². The minimum atomic E-state index is -0.677. The Kier molecular flexibility index (Phi) is 5.53. The maximum absolute atomic E-state index is 13.0. The molecular formula is C24H26N4O4. The fraction of sp³-hybridized carbons (Fsp3) is 0.375. The summed E-state index contributed by atoms with van der Waals surface area (Å²) in [6, 6.07) is 14.3. The van der Waals surface area contributed by atoms with Crippen LogP contribution in [-0.2, 0) is 14.3 Å². The SMILES string of the molecule is O=C(CNC(=O)C1c2ccccc2C(=O)N1C1CC1)Nc1cccc(N2CCOCC2)c1. The van der Waals surface area contributed by atoms with Gasteiger partial charge in [0.05, 0.1) is 19.8 Å². The summed E-state index contributed by atoms with van der Waals surface area (Å²) in [5, 5.41) is 5.57. The molecule has 3 aliphatic rings. The molecule has 0 spiro atoms. The van der Waals surface area contributed by atoms with Crippen molar-refractivity contribution in [2.75, 3.05) is 43.1 Å². The molecule has 8 heteroatoms. The summed E-state index contributed by atoms with van der Waals surface area (Å²) in [5.74, 6) is -0.742. The van der Waals surface area contributed by atoms with Gasteiger partial charge in [-0.05, 0) is 42.7 Å². The molecule has 1 atom stereocenters. The van der Waals surface area contributed by atoms with Crippen molar-refractivity contribution in [3.63, 3.8) is 0 Å². The van der Waals surface area contributed by atoms with Crippen molar-refractivity contribution in [1.82, 2.24) is 10.2 Å². The Morgan fingerprint density at radius 3 is 2.59 bits per heavy atom. The fourth-order valence-electron chi connectivity index (χ4n) is 4.40. The molecule has 2 aromatic carbocycles. The average molecular weight is 434 g/mol. The van der Waals surface area contributed by atoms with Crippen LogP contribution in [0.25, 0.3) is 0 Å². The van der Waals surface area contributed by atoms with E-state index in [1.54, 1.807) is 17.0 Å². The number of fused-ring (bicyclic) bond motifs is 1. The molecule has 2 N–H and O–H groups in total. The summed E-state index contributed by atoms with van der Waals surface area (Å²) in [6.07, 6.45) is 1.81. The molecule has 3 amide bonds. The summed E-state index contributed by atoms with van der Waals surface area (Å²) in [5.41, 5.74) is 2.98. The van der Waals surface area contributed by atoms with Gasteiger partial charge in [0.25, 0.3) is 5.91 Å². The second kappa shape index (κ2) is 8.63. The van der Waals surface area contributed by atoms with Crippen LogP contribution in [-0.4, -0.2) is 61.5 Å². The van der Waals surface area contributed by atoms with Gasteiger partial charge in [-0.1, -0.05) is 24.3 Å². The van der Waals surface area contributed by atoms with Crippen LogP contribution in [0.3, 0.4) is 0 Å². The molecule has 1 saturated carbocycles. The van der Waals surface area contributed by atoms with Crippen LogP contribution in [0.5, 0.6) is 0 Å². The maximum Gasteiger partial charge on any atom is 0.255 e. The maximum atomic E-state index is 13.0. The zero-order valence-corrected chi connectivity index (χ0v) is 17.8. The van der Waals surface area contributed by atoms with Crippen molar-refractivity contribution in [3.05, 3.63) is 59.7 Å². The summed E-state index contributed by atoms with van der Waals surface area (Å²) in [4.78, 5) is 42.2. The Hall–Kier alpha value is -3.39. The van der Waals surface area contributed by atoms with Crippen molar-refractivity contribution >= 4 is 29.1 Å². The number of anilines is 2. The normalized spacial score (nSPS) is 20.1. The zero-order valence-electron chi connectivity index (χ0n) is 17.8. The summed E-state index contributed by atoms with van der Waals surface area (Å²) < 4.78 is 5.39. The van der Waals surface area contributed by atoms with Gasteiger partial charge in [0, 0.05) is 36.1 Å². The quantitative estimate of drug-likeness (QED) is 0.725. The second-order valence-electron chi connectivity index (χ2n) is 8.35. The first-order chi connectivity index (χ1) is 15.6. The number of benzene rings is 2. The molecule has 1 aliphatic carbocycles. The Labute approximate surface area is 186 Å². The smallest absolute Gasteiger partial charge is 0.255 e. The molecule has 0 bridgehead atoms. The lowest BCUT2D eigenvalue weighted by Crippen LogP contribution is -2.42. The molecule has 166 valence electrons. The highest BCUT2D eigenvalue weighted by Crippen LogP contribution is 2.41. The van der Waals surface area contributed by atoms with Gasteiger partial charge in [-0.2, -0.15) is 0 Å². The van der Waals surface area contributed by atoms with E-state index >= 15 is 0 Å². The van der Waals surface area contributed by atoms with E-state index < -0.39 is 6.04 Å². The number of carbonyl (C=O) groups excluding carboxylic acids is 3. The highest BCUT2D eigenvalue weighted by Gasteiger charge is 2.47. The van der Waals surface area contributed by atoms with Crippen LogP contribution in [0.1, 0.15) is 34.8 Å². The molecule has 0 aromatic heterocycles. The van der Waals surface area contributed by atoms with Crippen molar-refractivity contribution < 1.29 is 19.1 Å². The van der Waals surface area contributed by atoms with Gasteiger partial charge in [-0.3, -0.25) is 14.4 Å². The molecule has 2 aromatic rings. The topological polar surface area (TPSA) is 91.0 Å². The molecule has 32 heavy (non-hydrogen) atoms. The van der Waals surface area contributed by atoms with Crippen LogP contribution in [0.15, 0.2) is 48.5 Å². The molecule has 1 unspecified atom stereocenters. The largest absolute Gasteiger partial charge is 0.378 e. The van der Waals surface area contributed by atoms with E-state index in [0.717, 1.165) is 31.6 Å². The summed E-state index contributed by atoms with van der Waals surface area (Å²) in [7, 11) is 0. The number of nitrogens with one attached hydrogen (secondary N) is 2. The van der Waals surface area contributed by atoms with E-state index in [1.165, 1.54) is 0 Å². The van der Waals surface area contributed by atoms with Gasteiger partial charge in [-0.15, -0.1) is 0 Å². The highest BCUT2D eigenvalue weighted by atomic mass is 16.5. The van der Waals surface area contributed by atoms with E-state index in [0.29, 0.717) is 30.0 Å². The predicted molar refractivity (Wildman–Crippen MR) is 119 cm³/mol.